The van der Waals surface area contributed by atoms with Gasteiger partial charge in [-0.15, -0.1) is 11.8 Å². The second-order valence-corrected chi connectivity index (χ2v) is 6.92. The third-order valence-electron chi connectivity index (χ3n) is 4.32. The summed E-state index contributed by atoms with van der Waals surface area (Å²) in [5.41, 5.74) is 7.22. The number of para-hydroxylation sites is 1. The number of hydrogen-bond donors (Lipinski definition) is 1. The molecule has 1 amide bonds. The molecular formula is C20H25NOS. The molecule has 0 aliphatic rings. The van der Waals surface area contributed by atoms with Crippen LogP contribution in [0.4, 0.5) is 5.69 Å². The first-order valence-electron chi connectivity index (χ1n) is 8.02. The number of nitrogens with one attached hydrogen (secondary N) is 1. The first-order chi connectivity index (χ1) is 10.9. The van der Waals surface area contributed by atoms with Gasteiger partial charge in [0, 0.05) is 10.6 Å². The summed E-state index contributed by atoms with van der Waals surface area (Å²) in [4.78, 5) is 13.6. The van der Waals surface area contributed by atoms with Gasteiger partial charge in [-0.1, -0.05) is 31.2 Å². The Morgan fingerprint density at radius 1 is 1.04 bits per heavy atom. The van der Waals surface area contributed by atoms with Crippen LogP contribution in [0, 0.1) is 27.7 Å². The molecule has 0 aliphatic carbocycles. The van der Waals surface area contributed by atoms with E-state index in [1.54, 1.807) is 11.8 Å². The van der Waals surface area contributed by atoms with E-state index in [1.807, 2.05) is 18.2 Å². The Hall–Kier alpha value is -1.74. The molecule has 2 rings (SSSR count). The normalized spacial score (nSPS) is 10.7. The van der Waals surface area contributed by atoms with Gasteiger partial charge < -0.3 is 5.32 Å². The molecular weight excluding hydrogens is 302 g/mol. The highest BCUT2D eigenvalue weighted by Gasteiger charge is 2.12. The predicted octanol–water partition coefficient (Wildman–Crippen LogP) is 5.21. The third kappa shape index (κ3) is 4.17. The van der Waals surface area contributed by atoms with Crippen LogP contribution < -0.4 is 5.32 Å². The van der Waals surface area contributed by atoms with E-state index in [2.05, 4.69) is 52.1 Å². The number of rotatable bonds is 5. The molecule has 0 bridgehead atoms. The highest BCUT2D eigenvalue weighted by molar-refractivity contribution is 8.00. The zero-order chi connectivity index (χ0) is 17.0. The van der Waals surface area contributed by atoms with Crippen LogP contribution in [0.1, 0.15) is 34.7 Å². The van der Waals surface area contributed by atoms with Crippen molar-refractivity contribution in [3.63, 3.8) is 0 Å². The monoisotopic (exact) mass is 327 g/mol. The summed E-state index contributed by atoms with van der Waals surface area (Å²) >= 11 is 1.63. The lowest BCUT2D eigenvalue weighted by Gasteiger charge is -2.15. The van der Waals surface area contributed by atoms with Crippen molar-refractivity contribution in [3.05, 3.63) is 58.1 Å². The van der Waals surface area contributed by atoms with Crippen molar-refractivity contribution in [2.24, 2.45) is 0 Å². The van der Waals surface area contributed by atoms with Gasteiger partial charge >= 0.3 is 0 Å². The summed E-state index contributed by atoms with van der Waals surface area (Å²) in [6.45, 7) is 10.6. The van der Waals surface area contributed by atoms with Crippen LogP contribution >= 0.6 is 11.8 Å². The molecule has 0 aromatic heterocycles. The maximum Gasteiger partial charge on any atom is 0.234 e. The van der Waals surface area contributed by atoms with Crippen molar-refractivity contribution < 1.29 is 4.79 Å². The topological polar surface area (TPSA) is 29.1 Å². The van der Waals surface area contributed by atoms with E-state index >= 15 is 0 Å². The largest absolute Gasteiger partial charge is 0.325 e. The molecule has 0 aliphatic heterocycles. The van der Waals surface area contributed by atoms with Gasteiger partial charge in [0.05, 0.1) is 5.75 Å². The lowest BCUT2D eigenvalue weighted by Crippen LogP contribution is -2.15. The maximum atomic E-state index is 12.3. The number of amides is 1. The molecule has 0 spiro atoms. The summed E-state index contributed by atoms with van der Waals surface area (Å²) in [5, 5.41) is 3.04. The van der Waals surface area contributed by atoms with Crippen LogP contribution in [0.15, 0.2) is 35.2 Å². The SMILES string of the molecule is CCc1ccccc1NC(=O)CSc1c(C)c(C)cc(C)c1C. The molecule has 2 aromatic carbocycles. The van der Waals surface area contributed by atoms with E-state index in [0.717, 1.165) is 12.1 Å². The summed E-state index contributed by atoms with van der Waals surface area (Å²) in [7, 11) is 0. The fraction of sp³-hybridized carbons (Fsp3) is 0.350. The average Bonchev–Trinajstić information content (AvgIpc) is 2.53. The van der Waals surface area contributed by atoms with E-state index in [-0.39, 0.29) is 5.91 Å². The lowest BCUT2D eigenvalue weighted by molar-refractivity contribution is -0.113. The van der Waals surface area contributed by atoms with Gasteiger partial charge in [0.25, 0.3) is 0 Å². The standard InChI is InChI=1S/C20H25NOS/c1-6-17-9-7-8-10-18(17)21-19(22)12-23-20-15(4)13(2)11-14(3)16(20)5/h7-11H,6,12H2,1-5H3,(H,21,22). The van der Waals surface area contributed by atoms with Crippen molar-refractivity contribution >= 4 is 23.4 Å². The molecule has 0 heterocycles. The molecule has 2 nitrogen and oxygen atoms in total. The Bertz CT molecular complexity index is 696. The molecule has 3 heteroatoms. The zero-order valence-electron chi connectivity index (χ0n) is 14.6. The van der Waals surface area contributed by atoms with E-state index in [9.17, 15) is 4.79 Å². The molecule has 0 unspecified atom stereocenters. The smallest absolute Gasteiger partial charge is 0.234 e. The number of hydrogen-bond acceptors (Lipinski definition) is 2. The molecule has 0 radical (unpaired) electrons. The molecule has 122 valence electrons. The maximum absolute atomic E-state index is 12.3. The summed E-state index contributed by atoms with van der Waals surface area (Å²) < 4.78 is 0. The van der Waals surface area contributed by atoms with Gasteiger partial charge in [0.2, 0.25) is 5.91 Å². The van der Waals surface area contributed by atoms with Gasteiger partial charge in [-0.25, -0.2) is 0 Å². The predicted molar refractivity (Wildman–Crippen MR) is 101 cm³/mol. The second kappa shape index (κ2) is 7.69. The molecule has 1 N–H and O–H groups in total. The quantitative estimate of drug-likeness (QED) is 0.763. The number of benzene rings is 2. The van der Waals surface area contributed by atoms with E-state index < -0.39 is 0 Å². The summed E-state index contributed by atoms with van der Waals surface area (Å²) in [6.07, 6.45) is 0.916. The summed E-state index contributed by atoms with van der Waals surface area (Å²) in [6, 6.07) is 10.2. The molecule has 0 saturated carbocycles. The van der Waals surface area contributed by atoms with E-state index in [0.29, 0.717) is 5.75 Å². The molecule has 0 fully saturated rings. The highest BCUT2D eigenvalue weighted by Crippen LogP contribution is 2.31. The number of carbonyl (C=O) groups is 1. The van der Waals surface area contributed by atoms with E-state index in [1.165, 1.54) is 32.7 Å². The minimum atomic E-state index is 0.0499. The van der Waals surface area contributed by atoms with Crippen molar-refractivity contribution in [1.82, 2.24) is 0 Å². The molecule has 23 heavy (non-hydrogen) atoms. The third-order valence-corrected chi connectivity index (χ3v) is 5.62. The van der Waals surface area contributed by atoms with Crippen LogP contribution in [-0.2, 0) is 11.2 Å². The fourth-order valence-electron chi connectivity index (χ4n) is 2.67. The van der Waals surface area contributed by atoms with Crippen LogP contribution in [0.2, 0.25) is 0 Å². The zero-order valence-corrected chi connectivity index (χ0v) is 15.4. The van der Waals surface area contributed by atoms with Crippen LogP contribution in [0.25, 0.3) is 0 Å². The van der Waals surface area contributed by atoms with Crippen LogP contribution in [0.5, 0.6) is 0 Å². The summed E-state index contributed by atoms with van der Waals surface area (Å²) in [5.74, 6) is 0.483. The Morgan fingerprint density at radius 2 is 1.65 bits per heavy atom. The van der Waals surface area contributed by atoms with Crippen molar-refractivity contribution in [2.75, 3.05) is 11.1 Å². The Balaban J connectivity index is 2.08. The molecule has 0 atom stereocenters. The molecule has 2 aromatic rings. The van der Waals surface area contributed by atoms with Crippen LogP contribution in [-0.4, -0.2) is 11.7 Å². The average molecular weight is 327 g/mol. The second-order valence-electron chi connectivity index (χ2n) is 5.94. The van der Waals surface area contributed by atoms with E-state index in [4.69, 9.17) is 0 Å². The van der Waals surface area contributed by atoms with Gasteiger partial charge in [-0.2, -0.15) is 0 Å². The van der Waals surface area contributed by atoms with Crippen LogP contribution in [0.3, 0.4) is 0 Å². The van der Waals surface area contributed by atoms with Gasteiger partial charge in [0.1, 0.15) is 0 Å². The van der Waals surface area contributed by atoms with Crippen molar-refractivity contribution in [1.29, 1.82) is 0 Å². The van der Waals surface area contributed by atoms with Crippen molar-refractivity contribution in [2.45, 2.75) is 45.9 Å². The first kappa shape index (κ1) is 17.6. The number of thioether (sulfide) groups is 1. The Kier molecular flexibility index (Phi) is 5.89. The molecule has 0 saturated heterocycles. The number of aryl methyl sites for hydroxylation is 3. The Labute approximate surface area is 143 Å². The Morgan fingerprint density at radius 3 is 2.26 bits per heavy atom. The van der Waals surface area contributed by atoms with Crippen molar-refractivity contribution in [3.8, 4) is 0 Å². The van der Waals surface area contributed by atoms with Gasteiger partial charge in [-0.3, -0.25) is 4.79 Å². The fourth-order valence-corrected chi connectivity index (χ4v) is 3.77. The minimum Gasteiger partial charge on any atom is -0.325 e. The van der Waals surface area contributed by atoms with Gasteiger partial charge in [-0.05, 0) is 68.0 Å². The lowest BCUT2D eigenvalue weighted by atomic mass is 10.0. The number of anilines is 1. The van der Waals surface area contributed by atoms with Gasteiger partial charge in [0.15, 0.2) is 0 Å². The highest BCUT2D eigenvalue weighted by atomic mass is 32.2. The number of carbonyl (C=O) groups excluding carboxylic acids is 1. The minimum absolute atomic E-state index is 0.0499. The first-order valence-corrected chi connectivity index (χ1v) is 9.00.